The lowest BCUT2D eigenvalue weighted by atomic mass is 10.1. The summed E-state index contributed by atoms with van der Waals surface area (Å²) in [7, 11) is 1.61. The third kappa shape index (κ3) is 6.31. The van der Waals surface area contributed by atoms with Crippen molar-refractivity contribution in [3.05, 3.63) is 65.7 Å². The van der Waals surface area contributed by atoms with Crippen molar-refractivity contribution in [2.75, 3.05) is 32.1 Å². The van der Waals surface area contributed by atoms with Crippen LogP contribution in [0.2, 0.25) is 0 Å². The van der Waals surface area contributed by atoms with Crippen LogP contribution in [-0.2, 0) is 9.53 Å². The van der Waals surface area contributed by atoms with Crippen molar-refractivity contribution >= 4 is 17.5 Å². The zero-order chi connectivity index (χ0) is 18.8. The van der Waals surface area contributed by atoms with E-state index in [4.69, 9.17) is 4.74 Å². The average Bonchev–Trinajstić information content (AvgIpc) is 2.66. The molecule has 0 heterocycles. The molecule has 0 fully saturated rings. The van der Waals surface area contributed by atoms with Crippen LogP contribution in [0.25, 0.3) is 0 Å². The quantitative estimate of drug-likeness (QED) is 0.603. The van der Waals surface area contributed by atoms with E-state index in [1.807, 2.05) is 37.3 Å². The Bertz CT molecular complexity index is 702. The average molecular weight is 355 g/mol. The highest BCUT2D eigenvalue weighted by molar-refractivity contribution is 5.96. The maximum Gasteiger partial charge on any atom is 0.251 e. The number of methoxy groups -OCH3 is 1. The van der Waals surface area contributed by atoms with Gasteiger partial charge in [0.25, 0.3) is 5.91 Å². The molecule has 3 N–H and O–H groups in total. The highest BCUT2D eigenvalue weighted by Gasteiger charge is 2.11. The molecule has 0 bridgehead atoms. The Kier molecular flexibility index (Phi) is 7.79. The summed E-state index contributed by atoms with van der Waals surface area (Å²) in [6.07, 6.45) is 0. The predicted octanol–water partition coefficient (Wildman–Crippen LogP) is 2.35. The molecule has 0 aromatic heterocycles. The third-order valence-corrected chi connectivity index (χ3v) is 3.85. The van der Waals surface area contributed by atoms with Crippen LogP contribution in [0.1, 0.15) is 28.9 Å². The summed E-state index contributed by atoms with van der Waals surface area (Å²) in [5.74, 6) is -0.295. The topological polar surface area (TPSA) is 79.5 Å². The first kappa shape index (κ1) is 19.6. The molecular formula is C20H25N3O3. The fraction of sp³-hybridized carbons (Fsp3) is 0.300. The van der Waals surface area contributed by atoms with Crippen LogP contribution < -0.4 is 16.0 Å². The Morgan fingerprint density at radius 2 is 1.73 bits per heavy atom. The van der Waals surface area contributed by atoms with Crippen LogP contribution in [0.4, 0.5) is 5.69 Å². The van der Waals surface area contributed by atoms with Gasteiger partial charge in [0.1, 0.15) is 0 Å². The molecule has 0 saturated carbocycles. The number of benzene rings is 2. The number of hydrogen-bond acceptors (Lipinski definition) is 4. The second-order valence-corrected chi connectivity index (χ2v) is 5.90. The Labute approximate surface area is 153 Å². The molecule has 0 aliphatic carbocycles. The molecule has 0 aliphatic rings. The van der Waals surface area contributed by atoms with Crippen LogP contribution in [0.5, 0.6) is 0 Å². The number of anilines is 1. The molecule has 2 amide bonds. The van der Waals surface area contributed by atoms with Gasteiger partial charge in [-0.2, -0.15) is 0 Å². The van der Waals surface area contributed by atoms with E-state index in [-0.39, 0.29) is 24.4 Å². The molecule has 6 heteroatoms. The van der Waals surface area contributed by atoms with E-state index < -0.39 is 0 Å². The fourth-order valence-corrected chi connectivity index (χ4v) is 2.39. The number of nitrogens with one attached hydrogen (secondary N) is 3. The maximum absolute atomic E-state index is 12.3. The van der Waals surface area contributed by atoms with Crippen LogP contribution in [0, 0.1) is 0 Å². The number of carbonyl (C=O) groups excluding carboxylic acids is 2. The summed E-state index contributed by atoms with van der Waals surface area (Å²) in [6.45, 7) is 3.32. The van der Waals surface area contributed by atoms with Gasteiger partial charge in [-0.25, -0.2) is 0 Å². The normalized spacial score (nSPS) is 11.6. The Morgan fingerprint density at radius 3 is 2.38 bits per heavy atom. The number of rotatable bonds is 9. The van der Waals surface area contributed by atoms with Gasteiger partial charge in [-0.1, -0.05) is 30.3 Å². The molecule has 0 radical (unpaired) electrons. The lowest BCUT2D eigenvalue weighted by Gasteiger charge is -2.14. The smallest absolute Gasteiger partial charge is 0.251 e. The minimum absolute atomic E-state index is 0.0822. The van der Waals surface area contributed by atoms with Crippen LogP contribution >= 0.6 is 0 Å². The summed E-state index contributed by atoms with van der Waals surface area (Å²) in [6, 6.07) is 16.5. The van der Waals surface area contributed by atoms with Crippen molar-refractivity contribution in [3.63, 3.8) is 0 Å². The summed E-state index contributed by atoms with van der Waals surface area (Å²) >= 11 is 0. The van der Waals surface area contributed by atoms with E-state index in [9.17, 15) is 9.59 Å². The molecule has 2 aromatic rings. The Morgan fingerprint density at radius 1 is 1.04 bits per heavy atom. The third-order valence-electron chi connectivity index (χ3n) is 3.85. The van der Waals surface area contributed by atoms with Crippen molar-refractivity contribution in [3.8, 4) is 0 Å². The van der Waals surface area contributed by atoms with E-state index >= 15 is 0 Å². The lowest BCUT2D eigenvalue weighted by Crippen LogP contribution is -2.30. The predicted molar refractivity (Wildman–Crippen MR) is 102 cm³/mol. The molecule has 1 atom stereocenters. The Balaban J connectivity index is 1.84. The first-order valence-corrected chi connectivity index (χ1v) is 8.55. The number of carbonyl (C=O) groups is 2. The summed E-state index contributed by atoms with van der Waals surface area (Å²) in [5, 5.41) is 8.71. The van der Waals surface area contributed by atoms with Gasteiger partial charge < -0.3 is 20.7 Å². The van der Waals surface area contributed by atoms with Gasteiger partial charge in [0.2, 0.25) is 5.91 Å². The number of amides is 2. The van der Waals surface area contributed by atoms with Crippen molar-refractivity contribution < 1.29 is 14.3 Å². The maximum atomic E-state index is 12.3. The molecule has 6 nitrogen and oxygen atoms in total. The number of ether oxygens (including phenoxy) is 1. The molecule has 138 valence electrons. The van der Waals surface area contributed by atoms with E-state index in [1.54, 1.807) is 31.4 Å². The SMILES string of the molecule is COCCNCC(=O)Nc1ccc(C(=O)NC(C)c2ccccc2)cc1. The second kappa shape index (κ2) is 10.3. The minimum Gasteiger partial charge on any atom is -0.383 e. The largest absolute Gasteiger partial charge is 0.383 e. The molecule has 26 heavy (non-hydrogen) atoms. The number of hydrogen-bond donors (Lipinski definition) is 3. The van der Waals surface area contributed by atoms with E-state index in [0.717, 1.165) is 5.56 Å². The van der Waals surface area contributed by atoms with Gasteiger partial charge in [-0.05, 0) is 36.8 Å². The summed E-state index contributed by atoms with van der Waals surface area (Å²) in [4.78, 5) is 24.1. The van der Waals surface area contributed by atoms with Crippen molar-refractivity contribution in [2.45, 2.75) is 13.0 Å². The highest BCUT2D eigenvalue weighted by atomic mass is 16.5. The summed E-state index contributed by atoms with van der Waals surface area (Å²) in [5.41, 5.74) is 2.24. The van der Waals surface area contributed by atoms with E-state index in [1.165, 1.54) is 0 Å². The van der Waals surface area contributed by atoms with Gasteiger partial charge in [0, 0.05) is 24.9 Å². The molecular weight excluding hydrogens is 330 g/mol. The first-order valence-electron chi connectivity index (χ1n) is 8.55. The zero-order valence-corrected chi connectivity index (χ0v) is 15.1. The zero-order valence-electron chi connectivity index (χ0n) is 15.1. The standard InChI is InChI=1S/C20H25N3O3/c1-15(16-6-4-3-5-7-16)22-20(25)17-8-10-18(11-9-17)23-19(24)14-21-12-13-26-2/h3-11,15,21H,12-14H2,1-2H3,(H,22,25)(H,23,24). The van der Waals surface area contributed by atoms with Crippen molar-refractivity contribution in [2.24, 2.45) is 0 Å². The second-order valence-electron chi connectivity index (χ2n) is 5.90. The first-order chi connectivity index (χ1) is 12.6. The van der Waals surface area contributed by atoms with Gasteiger partial charge in [-0.15, -0.1) is 0 Å². The van der Waals surface area contributed by atoms with Crippen LogP contribution in [-0.4, -0.2) is 38.6 Å². The van der Waals surface area contributed by atoms with E-state index in [2.05, 4.69) is 16.0 Å². The van der Waals surface area contributed by atoms with Crippen molar-refractivity contribution in [1.29, 1.82) is 0 Å². The Hall–Kier alpha value is -2.70. The molecule has 0 spiro atoms. The minimum atomic E-state index is -0.152. The van der Waals surface area contributed by atoms with Gasteiger partial charge in [0.15, 0.2) is 0 Å². The highest BCUT2D eigenvalue weighted by Crippen LogP contribution is 2.14. The molecule has 0 saturated heterocycles. The van der Waals surface area contributed by atoms with E-state index in [0.29, 0.717) is 24.4 Å². The molecule has 2 rings (SSSR count). The van der Waals surface area contributed by atoms with Gasteiger partial charge >= 0.3 is 0 Å². The van der Waals surface area contributed by atoms with Crippen LogP contribution in [0.3, 0.4) is 0 Å². The molecule has 1 unspecified atom stereocenters. The monoisotopic (exact) mass is 355 g/mol. The molecule has 2 aromatic carbocycles. The molecule has 0 aliphatic heterocycles. The van der Waals surface area contributed by atoms with Crippen LogP contribution in [0.15, 0.2) is 54.6 Å². The van der Waals surface area contributed by atoms with Gasteiger partial charge in [-0.3, -0.25) is 9.59 Å². The lowest BCUT2D eigenvalue weighted by molar-refractivity contribution is -0.115. The van der Waals surface area contributed by atoms with Gasteiger partial charge in [0.05, 0.1) is 19.2 Å². The summed E-state index contributed by atoms with van der Waals surface area (Å²) < 4.78 is 4.90. The fourth-order valence-electron chi connectivity index (χ4n) is 2.39. The van der Waals surface area contributed by atoms with Crippen molar-refractivity contribution in [1.82, 2.24) is 10.6 Å².